The largest absolute Gasteiger partial charge is 0.344 e. The van der Waals surface area contributed by atoms with Gasteiger partial charge in [-0.1, -0.05) is 12.8 Å². The Morgan fingerprint density at radius 2 is 1.90 bits per heavy atom. The van der Waals surface area contributed by atoms with Gasteiger partial charge in [-0.15, -0.1) is 0 Å². The molecule has 5 amide bonds. The third-order valence-corrected chi connectivity index (χ3v) is 4.35. The van der Waals surface area contributed by atoms with E-state index in [1.54, 1.807) is 14.0 Å². The van der Waals surface area contributed by atoms with E-state index in [-0.39, 0.29) is 18.4 Å². The molecule has 1 atom stereocenters. The highest BCUT2D eigenvalue weighted by molar-refractivity contribution is 6.17. The average Bonchev–Trinajstić information content (AvgIpc) is 2.95. The van der Waals surface area contributed by atoms with Crippen molar-refractivity contribution < 1.29 is 19.2 Å². The number of likely N-dealkylation sites (N-methyl/N-ethyl adjacent to an activating group) is 1. The predicted octanol–water partition coefficient (Wildman–Crippen LogP) is 0.349. The highest BCUT2D eigenvalue weighted by atomic mass is 16.2. The smallest absolute Gasteiger partial charge is 0.331 e. The van der Waals surface area contributed by atoms with Gasteiger partial charge in [0.25, 0.3) is 0 Å². The van der Waals surface area contributed by atoms with Crippen molar-refractivity contribution >= 4 is 23.8 Å². The zero-order chi connectivity index (χ0) is 15.6. The number of rotatable bonds is 4. The van der Waals surface area contributed by atoms with Crippen LogP contribution in [-0.4, -0.2) is 53.7 Å². The molecule has 0 spiro atoms. The van der Waals surface area contributed by atoms with Crippen molar-refractivity contribution in [2.75, 3.05) is 20.1 Å². The number of hydrogen-bond donors (Lipinski definition) is 1. The fraction of sp³-hybridized carbons (Fsp3) is 0.714. The third-order valence-electron chi connectivity index (χ3n) is 4.35. The Hall–Kier alpha value is -1.92. The fourth-order valence-electron chi connectivity index (χ4n) is 2.92. The molecule has 0 bridgehead atoms. The van der Waals surface area contributed by atoms with Gasteiger partial charge in [0.2, 0.25) is 17.7 Å². The summed E-state index contributed by atoms with van der Waals surface area (Å²) in [6.07, 6.45) is 3.61. The number of carbonyl (C=O) groups is 4. The van der Waals surface area contributed by atoms with Crippen molar-refractivity contribution in [3.8, 4) is 0 Å². The van der Waals surface area contributed by atoms with E-state index < -0.39 is 23.8 Å². The van der Waals surface area contributed by atoms with Gasteiger partial charge >= 0.3 is 6.03 Å². The standard InChI is InChI=1S/C14H21N3O4/c1-3-16(2)10(18)8-17-13(20)11(9-6-4-5-7-9)12(19)15-14(17)21/h9,11H,3-8H2,1-2H3,(H,15,19,21). The molecule has 0 aromatic carbocycles. The lowest BCUT2D eigenvalue weighted by atomic mass is 9.87. The minimum atomic E-state index is -0.829. The lowest BCUT2D eigenvalue weighted by Gasteiger charge is -2.33. The van der Waals surface area contributed by atoms with Gasteiger partial charge in [0.05, 0.1) is 0 Å². The van der Waals surface area contributed by atoms with E-state index in [1.807, 2.05) is 0 Å². The van der Waals surface area contributed by atoms with Crippen molar-refractivity contribution in [3.63, 3.8) is 0 Å². The molecule has 2 fully saturated rings. The van der Waals surface area contributed by atoms with Crippen molar-refractivity contribution in [2.45, 2.75) is 32.6 Å². The van der Waals surface area contributed by atoms with E-state index in [4.69, 9.17) is 0 Å². The zero-order valence-corrected chi connectivity index (χ0v) is 12.4. The van der Waals surface area contributed by atoms with Crippen LogP contribution in [0.5, 0.6) is 0 Å². The van der Waals surface area contributed by atoms with Gasteiger partial charge in [0, 0.05) is 13.6 Å². The Balaban J connectivity index is 2.13. The first-order valence-electron chi connectivity index (χ1n) is 7.35. The van der Waals surface area contributed by atoms with Crippen LogP contribution in [0.1, 0.15) is 32.6 Å². The first-order chi connectivity index (χ1) is 9.95. The maximum absolute atomic E-state index is 12.5. The average molecular weight is 295 g/mol. The molecule has 7 nitrogen and oxygen atoms in total. The van der Waals surface area contributed by atoms with Crippen molar-refractivity contribution in [3.05, 3.63) is 0 Å². The van der Waals surface area contributed by atoms with E-state index in [2.05, 4.69) is 5.32 Å². The van der Waals surface area contributed by atoms with Crippen LogP contribution in [0.15, 0.2) is 0 Å². The van der Waals surface area contributed by atoms with Gasteiger partial charge in [-0.3, -0.25) is 24.6 Å². The van der Waals surface area contributed by atoms with Gasteiger partial charge in [-0.25, -0.2) is 4.79 Å². The number of imide groups is 2. The second-order valence-electron chi connectivity index (χ2n) is 5.65. The number of hydrogen-bond acceptors (Lipinski definition) is 4. The first kappa shape index (κ1) is 15.5. The van der Waals surface area contributed by atoms with Crippen LogP contribution in [0.3, 0.4) is 0 Å². The minimum Gasteiger partial charge on any atom is -0.344 e. The summed E-state index contributed by atoms with van der Waals surface area (Å²) < 4.78 is 0. The Labute approximate surface area is 123 Å². The molecule has 0 aromatic heterocycles. The SMILES string of the molecule is CCN(C)C(=O)CN1C(=O)NC(=O)C(C2CCCC2)C1=O. The Kier molecular flexibility index (Phi) is 4.59. The molecule has 2 rings (SSSR count). The molecule has 2 aliphatic rings. The van der Waals surface area contributed by atoms with Crippen LogP contribution in [0, 0.1) is 11.8 Å². The van der Waals surface area contributed by atoms with E-state index in [1.165, 1.54) is 4.90 Å². The summed E-state index contributed by atoms with van der Waals surface area (Å²) in [6, 6.07) is -0.794. The number of carbonyl (C=O) groups excluding carboxylic acids is 4. The molecule has 1 saturated carbocycles. The number of barbiturate groups is 1. The molecule has 116 valence electrons. The highest BCUT2D eigenvalue weighted by Gasteiger charge is 2.45. The lowest BCUT2D eigenvalue weighted by Crippen LogP contribution is -2.61. The summed E-state index contributed by atoms with van der Waals surface area (Å²) in [4.78, 5) is 50.4. The van der Waals surface area contributed by atoms with E-state index in [0.717, 1.165) is 30.6 Å². The Bertz CT molecular complexity index is 471. The first-order valence-corrected chi connectivity index (χ1v) is 7.35. The number of nitrogens with zero attached hydrogens (tertiary/aromatic N) is 2. The summed E-state index contributed by atoms with van der Waals surface area (Å²) in [5.74, 6) is -2.23. The Morgan fingerprint density at radius 1 is 1.29 bits per heavy atom. The molecule has 0 aromatic rings. The second kappa shape index (κ2) is 6.24. The topological polar surface area (TPSA) is 86.8 Å². The van der Waals surface area contributed by atoms with E-state index in [0.29, 0.717) is 6.54 Å². The van der Waals surface area contributed by atoms with Gasteiger partial charge in [0.1, 0.15) is 12.5 Å². The molecule has 0 radical (unpaired) electrons. The van der Waals surface area contributed by atoms with E-state index >= 15 is 0 Å². The lowest BCUT2D eigenvalue weighted by molar-refractivity contribution is -0.148. The molecule has 21 heavy (non-hydrogen) atoms. The molecule has 1 saturated heterocycles. The number of nitrogens with one attached hydrogen (secondary N) is 1. The quantitative estimate of drug-likeness (QED) is 0.758. The normalized spacial score (nSPS) is 23.4. The summed E-state index contributed by atoms with van der Waals surface area (Å²) in [5, 5.41) is 2.21. The van der Waals surface area contributed by atoms with Gasteiger partial charge < -0.3 is 4.90 Å². The molecular formula is C14H21N3O4. The summed E-state index contributed by atoms with van der Waals surface area (Å²) in [7, 11) is 1.61. The van der Waals surface area contributed by atoms with Gasteiger partial charge in [-0.05, 0) is 25.7 Å². The summed E-state index contributed by atoms with van der Waals surface area (Å²) >= 11 is 0. The van der Waals surface area contributed by atoms with Gasteiger partial charge in [-0.2, -0.15) is 0 Å². The molecule has 1 aliphatic heterocycles. The third kappa shape index (κ3) is 3.06. The second-order valence-corrected chi connectivity index (χ2v) is 5.65. The van der Waals surface area contributed by atoms with Crippen LogP contribution in [0.4, 0.5) is 4.79 Å². The van der Waals surface area contributed by atoms with E-state index in [9.17, 15) is 19.2 Å². The van der Waals surface area contributed by atoms with Gasteiger partial charge in [0.15, 0.2) is 0 Å². The monoisotopic (exact) mass is 295 g/mol. The maximum Gasteiger partial charge on any atom is 0.331 e. The molecule has 7 heteroatoms. The minimum absolute atomic E-state index is 0.0212. The van der Waals surface area contributed by atoms with Crippen LogP contribution in [0.2, 0.25) is 0 Å². The van der Waals surface area contributed by atoms with Crippen LogP contribution < -0.4 is 5.32 Å². The number of amides is 5. The molecule has 1 heterocycles. The predicted molar refractivity (Wildman–Crippen MR) is 74.0 cm³/mol. The van der Waals surface area contributed by atoms with Crippen molar-refractivity contribution in [1.29, 1.82) is 0 Å². The summed E-state index contributed by atoms with van der Waals surface area (Å²) in [6.45, 7) is 1.99. The fourth-order valence-corrected chi connectivity index (χ4v) is 2.92. The zero-order valence-electron chi connectivity index (χ0n) is 12.4. The van der Waals surface area contributed by atoms with Crippen LogP contribution in [-0.2, 0) is 14.4 Å². The molecule has 1 N–H and O–H groups in total. The van der Waals surface area contributed by atoms with Crippen LogP contribution in [0.25, 0.3) is 0 Å². The van der Waals surface area contributed by atoms with Crippen LogP contribution >= 0.6 is 0 Å². The molecule has 1 aliphatic carbocycles. The van der Waals surface area contributed by atoms with Crippen molar-refractivity contribution in [2.24, 2.45) is 11.8 Å². The summed E-state index contributed by atoms with van der Waals surface area (Å²) in [5.41, 5.74) is 0. The highest BCUT2D eigenvalue weighted by Crippen LogP contribution is 2.33. The molecular weight excluding hydrogens is 274 g/mol. The van der Waals surface area contributed by atoms with Crippen molar-refractivity contribution in [1.82, 2.24) is 15.1 Å². The number of urea groups is 1. The maximum atomic E-state index is 12.5. The Morgan fingerprint density at radius 3 is 2.48 bits per heavy atom. The molecule has 1 unspecified atom stereocenters.